The highest BCUT2D eigenvalue weighted by Gasteiger charge is 2.10. The number of carbonyl (C=O) groups is 2. The molecule has 0 aliphatic carbocycles. The molecule has 5 heteroatoms. The molecule has 0 aromatic carbocycles. The fraction of sp³-hybridized carbons (Fsp3) is 0.833. The molecule has 0 atom stereocenters. The molecule has 0 aromatic heterocycles. The van der Waals surface area contributed by atoms with Crippen LogP contribution in [0.4, 0.5) is 0 Å². The third-order valence-electron chi connectivity index (χ3n) is 1.95. The molecule has 0 rings (SSSR count). The van der Waals surface area contributed by atoms with Crippen LogP contribution < -0.4 is 0 Å². The molecule has 17 heavy (non-hydrogen) atoms. The summed E-state index contributed by atoms with van der Waals surface area (Å²) < 4.78 is 14.5. The first-order chi connectivity index (χ1) is 8.20. The van der Waals surface area contributed by atoms with Crippen molar-refractivity contribution in [3.8, 4) is 0 Å². The average molecular weight is 246 g/mol. The van der Waals surface area contributed by atoms with Crippen LogP contribution in [0.15, 0.2) is 0 Å². The standard InChI is InChI=1S/C12H22O5/c1-3-5-7-15-9-11(13)17-12(14)10-16-8-6-4-2/h3-10H2,1-2H3. The molecule has 0 aliphatic rings. The predicted molar refractivity (Wildman–Crippen MR) is 62.6 cm³/mol. The van der Waals surface area contributed by atoms with Crippen LogP contribution >= 0.6 is 0 Å². The monoisotopic (exact) mass is 246 g/mol. The summed E-state index contributed by atoms with van der Waals surface area (Å²) in [5.74, 6) is -1.32. The Morgan fingerprint density at radius 2 is 1.24 bits per heavy atom. The van der Waals surface area contributed by atoms with E-state index in [0.717, 1.165) is 25.7 Å². The normalized spacial score (nSPS) is 10.2. The zero-order valence-electron chi connectivity index (χ0n) is 10.7. The molecule has 0 aliphatic heterocycles. The summed E-state index contributed by atoms with van der Waals surface area (Å²) in [5.41, 5.74) is 0. The zero-order chi connectivity index (χ0) is 12.9. The minimum absolute atomic E-state index is 0.180. The SMILES string of the molecule is CCCCOCC(=O)OC(=O)COCCCC. The maximum Gasteiger partial charge on any atom is 0.339 e. The van der Waals surface area contributed by atoms with E-state index in [1.807, 2.05) is 13.8 Å². The maximum absolute atomic E-state index is 11.1. The molecule has 0 N–H and O–H groups in total. The third-order valence-corrected chi connectivity index (χ3v) is 1.95. The molecule has 0 bridgehead atoms. The first-order valence-electron chi connectivity index (χ1n) is 6.09. The number of ether oxygens (including phenoxy) is 3. The Hall–Kier alpha value is -0.940. The molecule has 0 saturated heterocycles. The summed E-state index contributed by atoms with van der Waals surface area (Å²) >= 11 is 0. The Labute approximate surface area is 102 Å². The van der Waals surface area contributed by atoms with Gasteiger partial charge in [0, 0.05) is 13.2 Å². The Morgan fingerprint density at radius 1 is 0.824 bits per heavy atom. The first kappa shape index (κ1) is 16.1. The van der Waals surface area contributed by atoms with Crippen molar-refractivity contribution < 1.29 is 23.8 Å². The Kier molecular flexibility index (Phi) is 10.9. The number of hydrogen-bond donors (Lipinski definition) is 0. The second kappa shape index (κ2) is 11.5. The van der Waals surface area contributed by atoms with Gasteiger partial charge in [0.05, 0.1) is 0 Å². The van der Waals surface area contributed by atoms with Gasteiger partial charge in [0.1, 0.15) is 13.2 Å². The molecular weight excluding hydrogens is 224 g/mol. The average Bonchev–Trinajstić information content (AvgIpc) is 2.30. The number of carbonyl (C=O) groups excluding carboxylic acids is 2. The predicted octanol–water partition coefficient (Wildman–Crippen LogP) is 1.69. The lowest BCUT2D eigenvalue weighted by Gasteiger charge is -2.04. The summed E-state index contributed by atoms with van der Waals surface area (Å²) in [6, 6.07) is 0. The van der Waals surface area contributed by atoms with E-state index in [-0.39, 0.29) is 13.2 Å². The minimum Gasteiger partial charge on any atom is -0.390 e. The van der Waals surface area contributed by atoms with E-state index in [1.54, 1.807) is 0 Å². The van der Waals surface area contributed by atoms with Gasteiger partial charge in [-0.15, -0.1) is 0 Å². The van der Waals surface area contributed by atoms with Crippen LogP contribution in [0.5, 0.6) is 0 Å². The number of rotatable bonds is 10. The van der Waals surface area contributed by atoms with E-state index in [4.69, 9.17) is 9.47 Å². The van der Waals surface area contributed by atoms with Gasteiger partial charge in [0.25, 0.3) is 0 Å². The molecule has 0 saturated carbocycles. The second-order valence-corrected chi connectivity index (χ2v) is 3.66. The molecule has 100 valence electrons. The number of esters is 2. The highest BCUT2D eigenvalue weighted by Crippen LogP contribution is 1.91. The zero-order valence-corrected chi connectivity index (χ0v) is 10.7. The van der Waals surface area contributed by atoms with Gasteiger partial charge >= 0.3 is 11.9 Å². The minimum atomic E-state index is -0.662. The van der Waals surface area contributed by atoms with Gasteiger partial charge in [0.2, 0.25) is 0 Å². The van der Waals surface area contributed by atoms with Crippen LogP contribution in [0.2, 0.25) is 0 Å². The largest absolute Gasteiger partial charge is 0.390 e. The van der Waals surface area contributed by atoms with E-state index in [1.165, 1.54) is 0 Å². The molecule has 5 nitrogen and oxygen atoms in total. The van der Waals surface area contributed by atoms with Gasteiger partial charge in [0.15, 0.2) is 0 Å². The van der Waals surface area contributed by atoms with Crippen LogP contribution in [0.25, 0.3) is 0 Å². The van der Waals surface area contributed by atoms with Crippen LogP contribution in [-0.2, 0) is 23.8 Å². The third kappa shape index (κ3) is 11.3. The Balaban J connectivity index is 3.42. The van der Waals surface area contributed by atoms with E-state index in [0.29, 0.717) is 13.2 Å². The second-order valence-electron chi connectivity index (χ2n) is 3.66. The summed E-state index contributed by atoms with van der Waals surface area (Å²) in [7, 11) is 0. The molecule has 0 fully saturated rings. The van der Waals surface area contributed by atoms with E-state index in [9.17, 15) is 9.59 Å². The smallest absolute Gasteiger partial charge is 0.339 e. The van der Waals surface area contributed by atoms with Crippen LogP contribution in [0.3, 0.4) is 0 Å². The fourth-order valence-electron chi connectivity index (χ4n) is 0.990. The van der Waals surface area contributed by atoms with E-state index in [2.05, 4.69) is 4.74 Å². The van der Waals surface area contributed by atoms with Crippen LogP contribution in [0.1, 0.15) is 39.5 Å². The van der Waals surface area contributed by atoms with Gasteiger partial charge in [-0.1, -0.05) is 26.7 Å². The van der Waals surface area contributed by atoms with Gasteiger partial charge in [-0.3, -0.25) is 0 Å². The van der Waals surface area contributed by atoms with Crippen LogP contribution in [-0.4, -0.2) is 38.4 Å². The lowest BCUT2D eigenvalue weighted by molar-refractivity contribution is -0.165. The van der Waals surface area contributed by atoms with Crippen molar-refractivity contribution in [2.45, 2.75) is 39.5 Å². The Bertz CT molecular complexity index is 193. The maximum atomic E-state index is 11.1. The highest BCUT2D eigenvalue weighted by molar-refractivity contribution is 5.86. The molecule has 0 spiro atoms. The van der Waals surface area contributed by atoms with Crippen molar-refractivity contribution in [1.29, 1.82) is 0 Å². The van der Waals surface area contributed by atoms with E-state index < -0.39 is 11.9 Å². The van der Waals surface area contributed by atoms with Crippen molar-refractivity contribution in [1.82, 2.24) is 0 Å². The summed E-state index contributed by atoms with van der Waals surface area (Å²) in [6.07, 6.45) is 3.78. The van der Waals surface area contributed by atoms with Crippen LogP contribution in [0, 0.1) is 0 Å². The Morgan fingerprint density at radius 3 is 1.59 bits per heavy atom. The van der Waals surface area contributed by atoms with Gasteiger partial charge < -0.3 is 14.2 Å². The number of unbranched alkanes of at least 4 members (excludes halogenated alkanes) is 2. The van der Waals surface area contributed by atoms with Crippen molar-refractivity contribution in [3.63, 3.8) is 0 Å². The lowest BCUT2D eigenvalue weighted by atomic mass is 10.4. The van der Waals surface area contributed by atoms with Gasteiger partial charge in [-0.25, -0.2) is 9.59 Å². The molecular formula is C12H22O5. The quantitative estimate of drug-likeness (QED) is 0.333. The molecule has 0 radical (unpaired) electrons. The molecule has 0 amide bonds. The lowest BCUT2D eigenvalue weighted by Crippen LogP contribution is -2.21. The van der Waals surface area contributed by atoms with Crippen molar-refractivity contribution >= 4 is 11.9 Å². The fourth-order valence-corrected chi connectivity index (χ4v) is 0.990. The molecule has 0 heterocycles. The van der Waals surface area contributed by atoms with Crippen molar-refractivity contribution in [2.24, 2.45) is 0 Å². The molecule has 0 unspecified atom stereocenters. The van der Waals surface area contributed by atoms with Gasteiger partial charge in [-0.05, 0) is 12.8 Å². The topological polar surface area (TPSA) is 61.8 Å². The van der Waals surface area contributed by atoms with Gasteiger partial charge in [-0.2, -0.15) is 0 Å². The van der Waals surface area contributed by atoms with Crippen molar-refractivity contribution in [3.05, 3.63) is 0 Å². The highest BCUT2D eigenvalue weighted by atomic mass is 16.6. The summed E-state index contributed by atoms with van der Waals surface area (Å²) in [5, 5.41) is 0. The van der Waals surface area contributed by atoms with E-state index >= 15 is 0 Å². The summed E-state index contributed by atoms with van der Waals surface area (Å²) in [4.78, 5) is 22.2. The van der Waals surface area contributed by atoms with Crippen molar-refractivity contribution in [2.75, 3.05) is 26.4 Å². The molecule has 0 aromatic rings. The first-order valence-corrected chi connectivity index (χ1v) is 6.09. The number of hydrogen-bond acceptors (Lipinski definition) is 5. The summed E-state index contributed by atoms with van der Waals surface area (Å²) in [6.45, 7) is 4.71.